The third-order valence-corrected chi connectivity index (χ3v) is 3.78. The van der Waals surface area contributed by atoms with Crippen molar-refractivity contribution in [3.8, 4) is 0 Å². The van der Waals surface area contributed by atoms with Crippen molar-refractivity contribution in [1.82, 2.24) is 0 Å². The number of hydrogen-bond donors (Lipinski definition) is 2. The Labute approximate surface area is 109 Å². The summed E-state index contributed by atoms with van der Waals surface area (Å²) in [5, 5.41) is 4.94. The fraction of sp³-hybridized carbons (Fsp3) is 0.385. The molecule has 0 aliphatic heterocycles. The number of anilines is 2. The third kappa shape index (κ3) is 2.03. The van der Waals surface area contributed by atoms with Gasteiger partial charge in [-0.25, -0.2) is 9.18 Å². The molecule has 1 aromatic rings. The molecule has 0 atom stereocenters. The Morgan fingerprint density at radius 3 is 2.58 bits per heavy atom. The Bertz CT molecular complexity index is 567. The van der Waals surface area contributed by atoms with Crippen LogP contribution >= 0.6 is 0 Å². The Kier molecular flexibility index (Phi) is 2.48. The zero-order chi connectivity index (χ0) is 13.6. The number of nitrogens with one attached hydrogen (secondary N) is 2. The van der Waals surface area contributed by atoms with Crippen LogP contribution in [0.25, 0.3) is 0 Å². The summed E-state index contributed by atoms with van der Waals surface area (Å²) in [4.78, 5) is 22.8. The van der Waals surface area contributed by atoms with Gasteiger partial charge in [-0.2, -0.15) is 0 Å². The average molecular weight is 264 g/mol. The summed E-state index contributed by atoms with van der Waals surface area (Å²) in [5.74, 6) is -0.118. The number of hydrogen-bond acceptors (Lipinski definition) is 3. The van der Waals surface area contributed by atoms with Crippen molar-refractivity contribution in [3.63, 3.8) is 0 Å². The van der Waals surface area contributed by atoms with Gasteiger partial charge in [-0.1, -0.05) is 0 Å². The number of rotatable bonds is 3. The predicted octanol–water partition coefficient (Wildman–Crippen LogP) is 2.35. The molecule has 6 heteroatoms. The number of fused-ring (bicyclic) bond motifs is 1. The fourth-order valence-electron chi connectivity index (χ4n) is 2.18. The quantitative estimate of drug-likeness (QED) is 0.880. The lowest BCUT2D eigenvalue weighted by Crippen LogP contribution is -2.18. The highest BCUT2D eigenvalue weighted by Gasteiger charge is 2.74. The molecule has 0 spiro atoms. The zero-order valence-electron chi connectivity index (χ0n) is 10.3. The first-order chi connectivity index (χ1) is 9.05. The van der Waals surface area contributed by atoms with Gasteiger partial charge in [0.05, 0.1) is 18.2 Å². The van der Waals surface area contributed by atoms with Gasteiger partial charge in [0, 0.05) is 5.69 Å². The minimum Gasteiger partial charge on any atom is -0.453 e. The Morgan fingerprint density at radius 2 is 2.05 bits per heavy atom. The first-order valence-electron chi connectivity index (χ1n) is 6.01. The van der Waals surface area contributed by atoms with Crippen LogP contribution in [-0.4, -0.2) is 19.1 Å². The fourth-order valence-corrected chi connectivity index (χ4v) is 2.18. The summed E-state index contributed by atoms with van der Waals surface area (Å²) in [6.07, 6.45) is 1.15. The van der Waals surface area contributed by atoms with Gasteiger partial charge in [0.25, 0.3) is 0 Å². The molecule has 0 radical (unpaired) electrons. The second-order valence-corrected chi connectivity index (χ2v) is 5.03. The van der Waals surface area contributed by atoms with E-state index >= 15 is 0 Å². The maximum atomic E-state index is 13.7. The summed E-state index contributed by atoms with van der Waals surface area (Å²) in [5.41, 5.74) is 0.253. The molecule has 3 rings (SSSR count). The van der Waals surface area contributed by atoms with Crippen LogP contribution in [0.4, 0.5) is 20.6 Å². The van der Waals surface area contributed by atoms with Gasteiger partial charge in [0.2, 0.25) is 5.91 Å². The van der Waals surface area contributed by atoms with Crippen LogP contribution in [0, 0.1) is 17.2 Å². The van der Waals surface area contributed by atoms with Crippen LogP contribution < -0.4 is 10.6 Å². The van der Waals surface area contributed by atoms with Crippen LogP contribution in [-0.2, 0) is 9.53 Å². The van der Waals surface area contributed by atoms with Gasteiger partial charge < -0.3 is 10.1 Å². The number of halogens is 1. The van der Waals surface area contributed by atoms with Crippen LogP contribution in [0.15, 0.2) is 18.2 Å². The molecule has 1 aromatic carbocycles. The molecule has 19 heavy (non-hydrogen) atoms. The molecule has 0 unspecified atom stereocenters. The molecule has 2 fully saturated rings. The number of methoxy groups -OCH3 is 1. The van der Waals surface area contributed by atoms with Crippen molar-refractivity contribution in [2.75, 3.05) is 17.7 Å². The molecular weight excluding hydrogens is 251 g/mol. The normalized spacial score (nSPS) is 26.1. The van der Waals surface area contributed by atoms with Gasteiger partial charge in [0.15, 0.2) is 0 Å². The zero-order valence-corrected chi connectivity index (χ0v) is 10.3. The first-order valence-corrected chi connectivity index (χ1v) is 6.01. The number of carbonyl (C=O) groups is 2. The minimum absolute atomic E-state index is 0.0127. The van der Waals surface area contributed by atoms with Crippen molar-refractivity contribution in [2.24, 2.45) is 11.3 Å². The predicted molar refractivity (Wildman–Crippen MR) is 66.2 cm³/mol. The average Bonchev–Trinajstić information content (AvgIpc) is 3.21. The maximum Gasteiger partial charge on any atom is 0.411 e. The highest BCUT2D eigenvalue weighted by Crippen LogP contribution is 2.75. The molecule has 5 nitrogen and oxygen atoms in total. The van der Waals surface area contributed by atoms with E-state index in [2.05, 4.69) is 15.4 Å². The van der Waals surface area contributed by atoms with Crippen LogP contribution in [0.3, 0.4) is 0 Å². The molecule has 2 aliphatic rings. The molecule has 2 amide bonds. The molecule has 2 N–H and O–H groups in total. The van der Waals surface area contributed by atoms with E-state index in [1.807, 2.05) is 0 Å². The minimum atomic E-state index is -0.742. The van der Waals surface area contributed by atoms with E-state index < -0.39 is 11.9 Å². The number of ether oxygens (including phenoxy) is 1. The van der Waals surface area contributed by atoms with Gasteiger partial charge in [-0.3, -0.25) is 10.1 Å². The van der Waals surface area contributed by atoms with Gasteiger partial charge in [-0.05, 0) is 37.0 Å². The van der Waals surface area contributed by atoms with Crippen LogP contribution in [0.2, 0.25) is 0 Å². The van der Waals surface area contributed by atoms with Crippen molar-refractivity contribution in [3.05, 3.63) is 24.0 Å². The van der Waals surface area contributed by atoms with Crippen LogP contribution in [0.1, 0.15) is 12.8 Å². The lowest BCUT2D eigenvalue weighted by atomic mass is 10.2. The summed E-state index contributed by atoms with van der Waals surface area (Å²) in [6.45, 7) is 0. The topological polar surface area (TPSA) is 67.4 Å². The van der Waals surface area contributed by atoms with E-state index in [9.17, 15) is 14.0 Å². The summed E-state index contributed by atoms with van der Waals surface area (Å²) >= 11 is 0. The van der Waals surface area contributed by atoms with Crippen molar-refractivity contribution in [2.45, 2.75) is 12.8 Å². The number of benzene rings is 1. The van der Waals surface area contributed by atoms with Crippen molar-refractivity contribution >= 4 is 23.4 Å². The lowest BCUT2D eigenvalue weighted by molar-refractivity contribution is -0.119. The smallest absolute Gasteiger partial charge is 0.411 e. The largest absolute Gasteiger partial charge is 0.453 e. The Balaban J connectivity index is 1.68. The molecular formula is C13H13FN2O3. The lowest BCUT2D eigenvalue weighted by Gasteiger charge is -2.09. The van der Waals surface area contributed by atoms with E-state index in [1.54, 1.807) is 6.07 Å². The Morgan fingerprint density at radius 1 is 1.37 bits per heavy atom. The second-order valence-electron chi connectivity index (χ2n) is 5.03. The van der Waals surface area contributed by atoms with Crippen LogP contribution in [0.5, 0.6) is 0 Å². The van der Waals surface area contributed by atoms with E-state index in [-0.39, 0.29) is 17.0 Å². The van der Waals surface area contributed by atoms with E-state index in [4.69, 9.17) is 0 Å². The highest BCUT2D eigenvalue weighted by molar-refractivity contribution is 6.00. The molecule has 0 bridgehead atoms. The third-order valence-electron chi connectivity index (χ3n) is 3.78. The molecule has 0 aromatic heterocycles. The maximum absolute atomic E-state index is 13.7. The molecule has 2 aliphatic carbocycles. The van der Waals surface area contributed by atoms with Crippen molar-refractivity contribution < 1.29 is 18.7 Å². The van der Waals surface area contributed by atoms with E-state index in [0.717, 1.165) is 12.8 Å². The van der Waals surface area contributed by atoms with Gasteiger partial charge >= 0.3 is 6.09 Å². The van der Waals surface area contributed by atoms with Gasteiger partial charge in [-0.15, -0.1) is 0 Å². The second kappa shape index (κ2) is 3.94. The number of carbonyl (C=O) groups excluding carboxylic acids is 2. The summed E-state index contributed by atoms with van der Waals surface area (Å²) < 4.78 is 18.1. The molecule has 100 valence electrons. The SMILES string of the molecule is COC(=O)Nc1ccc(NC(=O)C23CC2C3)cc1F. The molecule has 2 saturated carbocycles. The highest BCUT2D eigenvalue weighted by atomic mass is 19.1. The van der Waals surface area contributed by atoms with E-state index in [0.29, 0.717) is 11.6 Å². The monoisotopic (exact) mass is 264 g/mol. The first kappa shape index (κ1) is 12.0. The summed E-state index contributed by atoms with van der Waals surface area (Å²) in [6, 6.07) is 4.11. The molecule has 0 heterocycles. The Hall–Kier alpha value is -2.11. The van der Waals surface area contributed by atoms with Crippen molar-refractivity contribution in [1.29, 1.82) is 0 Å². The van der Waals surface area contributed by atoms with E-state index in [1.165, 1.54) is 19.2 Å². The number of amides is 2. The van der Waals surface area contributed by atoms with Gasteiger partial charge in [0.1, 0.15) is 5.82 Å². The molecule has 0 saturated heterocycles. The standard InChI is InChI=1S/C13H13FN2O3/c1-19-12(18)16-10-3-2-8(4-9(10)14)15-11(17)13-5-7(13)6-13/h2-4,7H,5-6H2,1H3,(H,15,17)(H,16,18). The summed E-state index contributed by atoms with van der Waals surface area (Å²) in [7, 11) is 1.20.